The molecule has 0 unspecified atom stereocenters. The second-order valence-corrected chi connectivity index (χ2v) is 15.3. The van der Waals surface area contributed by atoms with Crippen molar-refractivity contribution in [3.63, 3.8) is 0 Å². The number of carbonyl (C=O) groups excluding carboxylic acids is 2. The summed E-state index contributed by atoms with van der Waals surface area (Å²) in [6.07, 6.45) is -10.3. The van der Waals surface area contributed by atoms with Crippen LogP contribution in [0.5, 0.6) is 0 Å². The van der Waals surface area contributed by atoms with E-state index in [1.807, 2.05) is 24.3 Å². The molecule has 22 nitrogen and oxygen atoms in total. The number of nitrogens with zero attached hydrogens (tertiary/aromatic N) is 5. The van der Waals surface area contributed by atoms with Crippen LogP contribution in [-0.2, 0) is 17.6 Å². The number of halogens is 1. The number of nitrogens with two attached hydrogens (primary N) is 3. The van der Waals surface area contributed by atoms with Crippen molar-refractivity contribution in [2.75, 3.05) is 57.4 Å². The zero-order valence-corrected chi connectivity index (χ0v) is 34.1. The van der Waals surface area contributed by atoms with Crippen molar-refractivity contribution in [2.45, 2.75) is 80.9 Å². The molecule has 0 radical (unpaired) electrons. The van der Waals surface area contributed by atoms with Gasteiger partial charge in [0.05, 0.1) is 35.3 Å². The molecular formula is C36H55ClN10O12S. The summed E-state index contributed by atoms with van der Waals surface area (Å²) in [5, 5.41) is 105. The van der Waals surface area contributed by atoms with E-state index in [1.165, 1.54) is 16.2 Å². The minimum absolute atomic E-state index is 0.0314. The highest BCUT2D eigenvalue weighted by Gasteiger charge is 2.34. The highest BCUT2D eigenvalue weighted by molar-refractivity contribution is 7.15. The van der Waals surface area contributed by atoms with Gasteiger partial charge in [-0.3, -0.25) is 24.8 Å². The van der Waals surface area contributed by atoms with E-state index >= 15 is 0 Å². The number of hydrogen-bond acceptors (Lipinski definition) is 20. The number of aryl methyl sites for hydroxylation is 2. The average Bonchev–Trinajstić information content (AvgIpc) is 3.71. The van der Waals surface area contributed by atoms with Gasteiger partial charge >= 0.3 is 0 Å². The lowest BCUT2D eigenvalue weighted by Crippen LogP contribution is -2.54. The molecule has 0 saturated carbocycles. The number of aliphatic imine (C=N–C) groups is 1. The Morgan fingerprint density at radius 1 is 0.817 bits per heavy atom. The summed E-state index contributed by atoms with van der Waals surface area (Å²) in [6, 6.07) is 7.97. The molecule has 0 spiro atoms. The summed E-state index contributed by atoms with van der Waals surface area (Å²) < 4.78 is 0. The van der Waals surface area contributed by atoms with Gasteiger partial charge in [-0.25, -0.2) is 15.0 Å². The number of guanidine groups is 1. The first-order valence-electron chi connectivity index (χ1n) is 18.8. The minimum atomic E-state index is -1.93. The quantitative estimate of drug-likeness (QED) is 0.0217. The van der Waals surface area contributed by atoms with Crippen LogP contribution in [-0.4, -0.2) is 183 Å². The van der Waals surface area contributed by atoms with Crippen molar-refractivity contribution in [2.24, 2.45) is 10.7 Å². The van der Waals surface area contributed by atoms with Gasteiger partial charge in [0.1, 0.15) is 36.6 Å². The Morgan fingerprint density at radius 2 is 1.40 bits per heavy atom. The Kier molecular flexibility index (Phi) is 20.8. The van der Waals surface area contributed by atoms with E-state index < -0.39 is 81.0 Å². The number of unbranched alkanes of at least 4 members (excludes halogenated alkanes) is 1. The molecule has 24 heteroatoms. The molecule has 3 aromatic rings. The maximum Gasteiger partial charge on any atom is 0.280 e. The second kappa shape index (κ2) is 24.9. The standard InChI is InChI=1S/C36H55ClN10O12S/c37-32-34(39)45-33(38)27(44-32)35(59)46-36(40)42-10-2-1-3-18-4-6-19(7-5-18)24-13-43-26(60-24)9-8-25(54)41-11-12-47(14-20(50)28(55)30(57)22(52)16-48)15-21(51)29(56)31(58)23(53)17-49/h4-7,13,20-23,28-31,48-53,55-58H,1-3,8-12,14-17H2,(H,41,54)(H4,38,39,45)(H3,40,42,46,59)/t20-,21-,22+,23+,28+,29+,30+,31+/m0/s1. The number of aromatic nitrogens is 3. The van der Waals surface area contributed by atoms with Crippen LogP contribution in [0.15, 0.2) is 35.5 Å². The van der Waals surface area contributed by atoms with Gasteiger partial charge in [-0.05, 0) is 30.4 Å². The fourth-order valence-corrected chi connectivity index (χ4v) is 6.70. The molecule has 18 N–H and O–H groups in total. The lowest BCUT2D eigenvalue weighted by atomic mass is 10.0. The summed E-state index contributed by atoms with van der Waals surface area (Å²) in [5.74, 6) is -1.47. The summed E-state index contributed by atoms with van der Waals surface area (Å²) in [5.41, 5.74) is 18.9. The molecule has 0 aliphatic rings. The molecule has 0 bridgehead atoms. The SMILES string of the molecule is NC(=NCCCCc1ccc(-c2cnc(CCC(=O)NCCN(C[C@H](O)[C@@H](O)[C@H](O)[C@H](O)CO)C[C@H](O)[C@@H](O)[C@H](O)[C@H](O)CO)s2)cc1)NC(=O)c1nc(Cl)c(N)nc1N. The van der Waals surface area contributed by atoms with Gasteiger partial charge in [0, 0.05) is 51.8 Å². The Morgan fingerprint density at radius 3 is 1.98 bits per heavy atom. The lowest BCUT2D eigenvalue weighted by molar-refractivity contribution is -0.130. The smallest absolute Gasteiger partial charge is 0.280 e. The maximum absolute atomic E-state index is 12.7. The van der Waals surface area contributed by atoms with Gasteiger partial charge in [0.25, 0.3) is 5.91 Å². The van der Waals surface area contributed by atoms with E-state index in [1.54, 1.807) is 6.20 Å². The molecule has 2 heterocycles. The minimum Gasteiger partial charge on any atom is -0.394 e. The number of amides is 2. The van der Waals surface area contributed by atoms with E-state index in [9.17, 15) is 50.4 Å². The summed E-state index contributed by atoms with van der Waals surface area (Å²) in [6.45, 7) is -2.43. The molecule has 0 fully saturated rings. The van der Waals surface area contributed by atoms with Gasteiger partial charge in [0.15, 0.2) is 28.4 Å². The van der Waals surface area contributed by atoms with E-state index in [-0.39, 0.29) is 53.9 Å². The first-order valence-corrected chi connectivity index (χ1v) is 20.0. The van der Waals surface area contributed by atoms with Gasteiger partial charge in [-0.15, -0.1) is 11.3 Å². The van der Waals surface area contributed by atoms with Gasteiger partial charge in [-0.2, -0.15) is 0 Å². The summed E-state index contributed by atoms with van der Waals surface area (Å²) in [4.78, 5) is 43.5. The molecule has 8 atom stereocenters. The highest BCUT2D eigenvalue weighted by Crippen LogP contribution is 2.27. The highest BCUT2D eigenvalue weighted by atomic mass is 35.5. The van der Waals surface area contributed by atoms with Crippen LogP contribution in [0.25, 0.3) is 10.4 Å². The van der Waals surface area contributed by atoms with Crippen molar-refractivity contribution in [3.05, 3.63) is 51.9 Å². The number of aliphatic hydroxyl groups is 10. The summed E-state index contributed by atoms with van der Waals surface area (Å²) in [7, 11) is 0. The number of thiazole rings is 1. The summed E-state index contributed by atoms with van der Waals surface area (Å²) >= 11 is 7.25. The second-order valence-electron chi connectivity index (χ2n) is 13.8. The van der Waals surface area contributed by atoms with Crippen LogP contribution in [0.3, 0.4) is 0 Å². The van der Waals surface area contributed by atoms with E-state index in [0.717, 1.165) is 33.9 Å². The number of aliphatic hydroxyl groups excluding tert-OH is 10. The van der Waals surface area contributed by atoms with Crippen molar-refractivity contribution in [3.8, 4) is 10.4 Å². The number of rotatable bonds is 25. The normalized spacial score (nSPS) is 16.1. The fourth-order valence-electron chi connectivity index (χ4n) is 5.65. The molecule has 0 saturated heterocycles. The first kappa shape index (κ1) is 50.1. The van der Waals surface area contributed by atoms with E-state index in [0.29, 0.717) is 19.4 Å². The van der Waals surface area contributed by atoms with Gasteiger partial charge < -0.3 is 73.6 Å². The first-order chi connectivity index (χ1) is 28.4. The number of nitrogens with one attached hydrogen (secondary N) is 2. The molecule has 0 aliphatic carbocycles. The Hall–Kier alpha value is -4.21. The van der Waals surface area contributed by atoms with Crippen LogP contribution in [0.1, 0.15) is 40.3 Å². The van der Waals surface area contributed by atoms with Crippen molar-refractivity contribution in [1.29, 1.82) is 0 Å². The largest absolute Gasteiger partial charge is 0.394 e. The lowest BCUT2D eigenvalue weighted by Gasteiger charge is -2.33. The predicted molar refractivity (Wildman–Crippen MR) is 220 cm³/mol. The average molecular weight is 887 g/mol. The number of benzene rings is 1. The van der Waals surface area contributed by atoms with Crippen LogP contribution in [0.2, 0.25) is 5.15 Å². The molecule has 2 aromatic heterocycles. The zero-order chi connectivity index (χ0) is 44.5. The third-order valence-electron chi connectivity index (χ3n) is 9.17. The van der Waals surface area contributed by atoms with Gasteiger partial charge in [-0.1, -0.05) is 35.9 Å². The van der Waals surface area contributed by atoms with Crippen molar-refractivity contribution < 1.29 is 60.7 Å². The molecule has 0 aliphatic heterocycles. The van der Waals surface area contributed by atoms with Gasteiger partial charge in [0.2, 0.25) is 5.91 Å². The maximum atomic E-state index is 12.7. The molecule has 3 rings (SSSR count). The number of nitrogen functional groups attached to an aromatic ring is 2. The number of anilines is 2. The van der Waals surface area contributed by atoms with E-state index in [2.05, 4.69) is 30.6 Å². The zero-order valence-electron chi connectivity index (χ0n) is 32.5. The molecular weight excluding hydrogens is 832 g/mol. The Bertz CT molecular complexity index is 1800. The fraction of sp³-hybridized carbons (Fsp3) is 0.556. The third kappa shape index (κ3) is 15.7. The molecule has 2 amide bonds. The van der Waals surface area contributed by atoms with Crippen LogP contribution < -0.4 is 27.8 Å². The van der Waals surface area contributed by atoms with Crippen LogP contribution in [0.4, 0.5) is 11.6 Å². The van der Waals surface area contributed by atoms with Crippen molar-refractivity contribution >= 4 is 52.3 Å². The Labute approximate surface area is 354 Å². The van der Waals surface area contributed by atoms with Crippen molar-refractivity contribution in [1.82, 2.24) is 30.5 Å². The number of carbonyl (C=O) groups is 2. The molecule has 334 valence electrons. The Balaban J connectivity index is 1.44. The monoisotopic (exact) mass is 886 g/mol. The van der Waals surface area contributed by atoms with Crippen LogP contribution in [0, 0.1) is 0 Å². The van der Waals surface area contributed by atoms with Crippen LogP contribution >= 0.6 is 22.9 Å². The molecule has 60 heavy (non-hydrogen) atoms. The topological polar surface area (TPSA) is 393 Å². The molecule has 1 aromatic carbocycles. The number of hydrogen-bond donors (Lipinski definition) is 15. The third-order valence-corrected chi connectivity index (χ3v) is 10.6. The predicted octanol–water partition coefficient (Wildman–Crippen LogP) is -4.29. The van der Waals surface area contributed by atoms with E-state index in [4.69, 9.17) is 39.0 Å².